The topological polar surface area (TPSA) is 56.8 Å². The number of para-hydroxylation sites is 2. The van der Waals surface area contributed by atoms with E-state index in [-0.39, 0.29) is 5.91 Å². The van der Waals surface area contributed by atoms with Crippen molar-refractivity contribution in [1.29, 1.82) is 0 Å². The first kappa shape index (κ1) is 20.0. The molecular weight excluding hydrogens is 350 g/mol. The molecule has 0 aromatic heterocycles. The summed E-state index contributed by atoms with van der Waals surface area (Å²) in [4.78, 5) is 12.1. The first-order valence-corrected chi connectivity index (χ1v) is 9.74. The van der Waals surface area contributed by atoms with Gasteiger partial charge in [0.05, 0.1) is 31.8 Å². The van der Waals surface area contributed by atoms with Gasteiger partial charge in [0.2, 0.25) is 5.91 Å². The van der Waals surface area contributed by atoms with Crippen molar-refractivity contribution in [1.82, 2.24) is 0 Å². The zero-order valence-electron chi connectivity index (χ0n) is 15.2. The second-order valence-electron chi connectivity index (χ2n) is 5.41. The summed E-state index contributed by atoms with van der Waals surface area (Å²) in [7, 11) is 1.64. The number of benzene rings is 2. The van der Waals surface area contributed by atoms with Gasteiger partial charge in [-0.15, -0.1) is 0 Å². The van der Waals surface area contributed by atoms with E-state index in [9.17, 15) is 4.79 Å². The molecule has 26 heavy (non-hydrogen) atoms. The summed E-state index contributed by atoms with van der Waals surface area (Å²) in [5.74, 6) is 3.56. The van der Waals surface area contributed by atoms with Crippen LogP contribution < -0.4 is 19.5 Å². The van der Waals surface area contributed by atoms with E-state index in [1.165, 1.54) is 0 Å². The monoisotopic (exact) mass is 375 g/mol. The summed E-state index contributed by atoms with van der Waals surface area (Å²) in [5.41, 5.74) is 0.711. The van der Waals surface area contributed by atoms with Crippen LogP contribution in [0.15, 0.2) is 48.5 Å². The van der Waals surface area contributed by atoms with Crippen molar-refractivity contribution in [3.63, 3.8) is 0 Å². The molecule has 0 atom stereocenters. The van der Waals surface area contributed by atoms with Crippen molar-refractivity contribution in [2.75, 3.05) is 37.1 Å². The van der Waals surface area contributed by atoms with Crippen LogP contribution in [0.2, 0.25) is 0 Å². The van der Waals surface area contributed by atoms with Gasteiger partial charge in [0.15, 0.2) is 0 Å². The Labute approximate surface area is 159 Å². The highest BCUT2D eigenvalue weighted by atomic mass is 32.2. The maximum absolute atomic E-state index is 12.1. The predicted molar refractivity (Wildman–Crippen MR) is 107 cm³/mol. The number of rotatable bonds is 11. The molecule has 140 valence electrons. The van der Waals surface area contributed by atoms with Crippen LogP contribution in [0.5, 0.6) is 17.2 Å². The molecule has 0 bridgehead atoms. The third-order valence-corrected chi connectivity index (χ3v) is 4.50. The van der Waals surface area contributed by atoms with Crippen molar-refractivity contribution in [3.05, 3.63) is 48.5 Å². The fourth-order valence-corrected chi connectivity index (χ4v) is 2.95. The smallest absolute Gasteiger partial charge is 0.234 e. The molecule has 5 nitrogen and oxygen atoms in total. The summed E-state index contributed by atoms with van der Waals surface area (Å²) in [5, 5.41) is 2.90. The zero-order chi connectivity index (χ0) is 18.6. The SMILES string of the molecule is CCOc1ccccc1NC(=O)CSCCCOc1ccc(OC)cc1. The number of thioether (sulfide) groups is 1. The number of carbonyl (C=O) groups is 1. The van der Waals surface area contributed by atoms with Gasteiger partial charge in [-0.25, -0.2) is 0 Å². The van der Waals surface area contributed by atoms with Gasteiger partial charge in [-0.3, -0.25) is 4.79 Å². The van der Waals surface area contributed by atoms with E-state index in [0.717, 1.165) is 23.7 Å². The average Bonchev–Trinajstić information content (AvgIpc) is 2.67. The average molecular weight is 375 g/mol. The standard InChI is InChI=1S/C20H25NO4S/c1-3-24-19-8-5-4-7-18(19)21-20(22)15-26-14-6-13-25-17-11-9-16(23-2)10-12-17/h4-5,7-12H,3,6,13-15H2,1-2H3,(H,21,22). The quantitative estimate of drug-likeness (QED) is 0.596. The number of amides is 1. The van der Waals surface area contributed by atoms with E-state index >= 15 is 0 Å². The molecule has 0 aliphatic rings. The Kier molecular flexibility index (Phi) is 8.69. The van der Waals surface area contributed by atoms with Crippen molar-refractivity contribution < 1.29 is 19.0 Å². The number of carbonyl (C=O) groups excluding carboxylic acids is 1. The predicted octanol–water partition coefficient (Wildman–Crippen LogP) is 4.23. The molecule has 0 spiro atoms. The Bertz CT molecular complexity index is 676. The van der Waals surface area contributed by atoms with Gasteiger partial charge in [-0.2, -0.15) is 11.8 Å². The second kappa shape index (κ2) is 11.3. The van der Waals surface area contributed by atoms with Crippen LogP contribution >= 0.6 is 11.8 Å². The molecule has 0 heterocycles. The van der Waals surface area contributed by atoms with E-state index < -0.39 is 0 Å². The minimum Gasteiger partial charge on any atom is -0.497 e. The molecule has 2 rings (SSSR count). The molecule has 0 aliphatic carbocycles. The van der Waals surface area contributed by atoms with Gasteiger partial charge in [-0.1, -0.05) is 12.1 Å². The lowest BCUT2D eigenvalue weighted by molar-refractivity contribution is -0.113. The highest BCUT2D eigenvalue weighted by Crippen LogP contribution is 2.24. The Hall–Kier alpha value is -2.34. The van der Waals surface area contributed by atoms with Crippen LogP contribution in [-0.2, 0) is 4.79 Å². The molecule has 0 saturated heterocycles. The summed E-state index contributed by atoms with van der Waals surface area (Å²) in [6.07, 6.45) is 0.875. The van der Waals surface area contributed by atoms with E-state index in [2.05, 4.69) is 5.32 Å². The second-order valence-corrected chi connectivity index (χ2v) is 6.51. The third kappa shape index (κ3) is 6.88. The molecule has 0 unspecified atom stereocenters. The summed E-state index contributed by atoms with van der Waals surface area (Å²) in [6, 6.07) is 15.0. The number of hydrogen-bond acceptors (Lipinski definition) is 5. The van der Waals surface area contributed by atoms with E-state index in [1.54, 1.807) is 18.9 Å². The molecule has 0 saturated carbocycles. The Morgan fingerprint density at radius 3 is 2.50 bits per heavy atom. The van der Waals surface area contributed by atoms with Gasteiger partial charge in [0, 0.05) is 0 Å². The van der Waals surface area contributed by atoms with Crippen LogP contribution in [-0.4, -0.2) is 37.7 Å². The van der Waals surface area contributed by atoms with E-state index in [4.69, 9.17) is 14.2 Å². The molecule has 2 aromatic rings. The maximum Gasteiger partial charge on any atom is 0.234 e. The first-order valence-electron chi connectivity index (χ1n) is 8.59. The van der Waals surface area contributed by atoms with Crippen LogP contribution in [0, 0.1) is 0 Å². The van der Waals surface area contributed by atoms with Crippen LogP contribution in [0.25, 0.3) is 0 Å². The zero-order valence-corrected chi connectivity index (χ0v) is 16.0. The Balaban J connectivity index is 1.61. The molecule has 6 heteroatoms. The normalized spacial score (nSPS) is 10.2. The number of methoxy groups -OCH3 is 1. The fraction of sp³-hybridized carbons (Fsp3) is 0.350. The van der Waals surface area contributed by atoms with Crippen LogP contribution in [0.1, 0.15) is 13.3 Å². The largest absolute Gasteiger partial charge is 0.497 e. The van der Waals surface area contributed by atoms with Crippen molar-refractivity contribution in [3.8, 4) is 17.2 Å². The minimum absolute atomic E-state index is 0.0294. The van der Waals surface area contributed by atoms with Gasteiger partial charge < -0.3 is 19.5 Å². The molecule has 2 aromatic carbocycles. The van der Waals surface area contributed by atoms with Crippen molar-refractivity contribution in [2.45, 2.75) is 13.3 Å². The molecule has 0 fully saturated rings. The van der Waals surface area contributed by atoms with Gasteiger partial charge in [0.25, 0.3) is 0 Å². The number of nitrogens with one attached hydrogen (secondary N) is 1. The number of anilines is 1. The number of hydrogen-bond donors (Lipinski definition) is 1. The third-order valence-electron chi connectivity index (χ3n) is 3.46. The van der Waals surface area contributed by atoms with Gasteiger partial charge in [-0.05, 0) is 55.5 Å². The molecule has 0 radical (unpaired) electrons. The lowest BCUT2D eigenvalue weighted by atomic mass is 10.3. The van der Waals surface area contributed by atoms with Gasteiger partial charge >= 0.3 is 0 Å². The highest BCUT2D eigenvalue weighted by molar-refractivity contribution is 7.99. The minimum atomic E-state index is -0.0294. The molecule has 1 N–H and O–H groups in total. The lowest BCUT2D eigenvalue weighted by Crippen LogP contribution is -2.15. The molecular formula is C20H25NO4S. The van der Waals surface area contributed by atoms with Crippen LogP contribution in [0.4, 0.5) is 5.69 Å². The molecule has 1 amide bonds. The maximum atomic E-state index is 12.1. The fourth-order valence-electron chi connectivity index (χ4n) is 2.23. The molecule has 0 aliphatic heterocycles. The van der Waals surface area contributed by atoms with Crippen LogP contribution in [0.3, 0.4) is 0 Å². The summed E-state index contributed by atoms with van der Waals surface area (Å²) >= 11 is 1.59. The van der Waals surface area contributed by atoms with E-state index in [0.29, 0.717) is 30.4 Å². The number of ether oxygens (including phenoxy) is 3. The summed E-state index contributed by atoms with van der Waals surface area (Å²) in [6.45, 7) is 3.10. The van der Waals surface area contributed by atoms with Gasteiger partial charge in [0.1, 0.15) is 17.2 Å². The Morgan fingerprint density at radius 1 is 1.04 bits per heavy atom. The first-order chi connectivity index (χ1) is 12.7. The van der Waals surface area contributed by atoms with Crippen molar-refractivity contribution in [2.24, 2.45) is 0 Å². The summed E-state index contributed by atoms with van der Waals surface area (Å²) < 4.78 is 16.3. The highest BCUT2D eigenvalue weighted by Gasteiger charge is 2.07. The van der Waals surface area contributed by atoms with Crippen molar-refractivity contribution >= 4 is 23.4 Å². The lowest BCUT2D eigenvalue weighted by Gasteiger charge is -2.11. The Morgan fingerprint density at radius 2 is 1.77 bits per heavy atom. The van der Waals surface area contributed by atoms with E-state index in [1.807, 2.05) is 55.5 Å².